The van der Waals surface area contributed by atoms with Crippen molar-refractivity contribution in [1.29, 1.82) is 0 Å². The van der Waals surface area contributed by atoms with Crippen molar-refractivity contribution in [2.24, 2.45) is 0 Å². The van der Waals surface area contributed by atoms with E-state index < -0.39 is 0 Å². The number of thiazole rings is 1. The number of anilines is 1. The van der Waals surface area contributed by atoms with Crippen LogP contribution in [0.2, 0.25) is 0 Å². The van der Waals surface area contributed by atoms with E-state index in [1.54, 1.807) is 18.3 Å². The van der Waals surface area contributed by atoms with Crippen LogP contribution in [0.1, 0.15) is 25.3 Å². The number of nitrogens with zero attached hydrogens (tertiary/aromatic N) is 1. The second kappa shape index (κ2) is 8.10. The van der Waals surface area contributed by atoms with Crippen molar-refractivity contribution in [2.75, 3.05) is 11.9 Å². The lowest BCUT2D eigenvalue weighted by Gasteiger charge is -2.06. The topological polar surface area (TPSA) is 68.3 Å². The van der Waals surface area contributed by atoms with Gasteiger partial charge in [-0.1, -0.05) is 6.07 Å². The number of ether oxygens (including phenoxy) is 1. The number of carbonyl (C=O) groups is 2. The number of amides is 1. The molecule has 0 aliphatic carbocycles. The lowest BCUT2D eigenvalue weighted by Crippen LogP contribution is -2.14. The molecule has 6 heteroatoms. The van der Waals surface area contributed by atoms with Crippen LogP contribution in [0.4, 0.5) is 5.69 Å². The molecule has 1 amide bonds. The fourth-order valence-electron chi connectivity index (χ4n) is 2.52. The first-order valence-corrected chi connectivity index (χ1v) is 9.30. The van der Waals surface area contributed by atoms with Crippen LogP contribution in [0, 0.1) is 6.92 Å². The molecular formula is C20H20N2O3S. The fraction of sp³-hybridized carbons (Fsp3) is 0.250. The molecule has 1 heterocycles. The Hall–Kier alpha value is -2.73. The average molecular weight is 368 g/mol. The van der Waals surface area contributed by atoms with Gasteiger partial charge in [0.1, 0.15) is 5.01 Å². The fourth-order valence-corrected chi connectivity index (χ4v) is 3.59. The summed E-state index contributed by atoms with van der Waals surface area (Å²) in [5.41, 5.74) is 3.91. The summed E-state index contributed by atoms with van der Waals surface area (Å²) >= 11 is 1.65. The highest BCUT2D eigenvalue weighted by Crippen LogP contribution is 2.31. The van der Waals surface area contributed by atoms with Gasteiger partial charge in [-0.05, 0) is 55.8 Å². The van der Waals surface area contributed by atoms with Gasteiger partial charge in [0.2, 0.25) is 5.91 Å². The molecule has 1 aromatic heterocycles. The number of fused-ring (bicyclic) bond motifs is 1. The number of nitrogens with one attached hydrogen (secondary N) is 1. The molecule has 26 heavy (non-hydrogen) atoms. The summed E-state index contributed by atoms with van der Waals surface area (Å²) in [6.45, 7) is 4.14. The minimum atomic E-state index is -0.357. The molecule has 134 valence electrons. The van der Waals surface area contributed by atoms with Gasteiger partial charge in [-0.15, -0.1) is 11.3 Å². The van der Waals surface area contributed by atoms with Crippen LogP contribution in [0.3, 0.4) is 0 Å². The maximum atomic E-state index is 11.9. The number of aryl methyl sites for hydroxylation is 1. The van der Waals surface area contributed by atoms with E-state index in [0.717, 1.165) is 20.8 Å². The molecule has 0 bridgehead atoms. The van der Waals surface area contributed by atoms with Crippen LogP contribution in [0.15, 0.2) is 42.5 Å². The maximum absolute atomic E-state index is 11.9. The van der Waals surface area contributed by atoms with Gasteiger partial charge in [-0.3, -0.25) is 9.59 Å². The number of hydrogen-bond donors (Lipinski definition) is 1. The second-order valence-corrected chi connectivity index (χ2v) is 6.95. The first-order chi connectivity index (χ1) is 12.5. The molecule has 5 nitrogen and oxygen atoms in total. The molecule has 0 atom stereocenters. The van der Waals surface area contributed by atoms with Crippen LogP contribution in [-0.4, -0.2) is 23.5 Å². The van der Waals surface area contributed by atoms with Gasteiger partial charge in [0.25, 0.3) is 0 Å². The Morgan fingerprint density at radius 1 is 1.12 bits per heavy atom. The number of hydrogen-bond acceptors (Lipinski definition) is 5. The minimum absolute atomic E-state index is 0.0862. The summed E-state index contributed by atoms with van der Waals surface area (Å²) in [5, 5.41) is 3.74. The molecule has 2 aromatic carbocycles. The minimum Gasteiger partial charge on any atom is -0.466 e. The molecule has 0 aliphatic rings. The molecule has 0 fully saturated rings. The van der Waals surface area contributed by atoms with Crippen LogP contribution in [0.5, 0.6) is 0 Å². The lowest BCUT2D eigenvalue weighted by atomic mass is 10.2. The normalized spacial score (nSPS) is 10.7. The lowest BCUT2D eigenvalue weighted by molar-refractivity contribution is -0.144. The quantitative estimate of drug-likeness (QED) is 0.648. The van der Waals surface area contributed by atoms with Crippen molar-refractivity contribution in [1.82, 2.24) is 4.98 Å². The summed E-state index contributed by atoms with van der Waals surface area (Å²) in [6, 6.07) is 13.8. The first kappa shape index (κ1) is 18.1. The number of benzene rings is 2. The first-order valence-electron chi connectivity index (χ1n) is 8.48. The summed E-state index contributed by atoms with van der Waals surface area (Å²) in [4.78, 5) is 27.8. The molecule has 0 aliphatic heterocycles. The highest BCUT2D eigenvalue weighted by molar-refractivity contribution is 7.21. The molecule has 3 rings (SSSR count). The number of carbonyl (C=O) groups excluding carboxylic acids is 2. The Bertz CT molecular complexity index is 932. The summed E-state index contributed by atoms with van der Waals surface area (Å²) in [5.74, 6) is -0.565. The van der Waals surface area contributed by atoms with E-state index in [2.05, 4.69) is 29.4 Å². The summed E-state index contributed by atoms with van der Waals surface area (Å²) in [7, 11) is 0. The van der Waals surface area contributed by atoms with E-state index >= 15 is 0 Å². The van der Waals surface area contributed by atoms with Crippen molar-refractivity contribution < 1.29 is 14.3 Å². The average Bonchev–Trinajstić information content (AvgIpc) is 3.04. The van der Waals surface area contributed by atoms with Crippen molar-refractivity contribution in [3.8, 4) is 10.6 Å². The smallest absolute Gasteiger partial charge is 0.306 e. The summed E-state index contributed by atoms with van der Waals surface area (Å²) in [6.07, 6.45) is 0.195. The molecule has 0 unspecified atom stereocenters. The van der Waals surface area contributed by atoms with Gasteiger partial charge in [-0.25, -0.2) is 4.98 Å². The van der Waals surface area contributed by atoms with Crippen molar-refractivity contribution in [3.63, 3.8) is 0 Å². The van der Waals surface area contributed by atoms with Crippen LogP contribution in [0.25, 0.3) is 20.8 Å². The predicted octanol–water partition coefficient (Wildman–Crippen LogP) is 4.55. The Morgan fingerprint density at radius 2 is 1.88 bits per heavy atom. The molecule has 0 saturated carbocycles. The standard InChI is InChI=1S/C20H20N2O3S/c1-3-25-19(24)11-10-18(23)21-15-7-5-14(6-8-15)20-22-16-9-4-13(2)12-17(16)26-20/h4-9,12H,3,10-11H2,1-2H3,(H,21,23). The highest BCUT2D eigenvalue weighted by Gasteiger charge is 2.09. The van der Waals surface area contributed by atoms with Gasteiger partial charge in [0.05, 0.1) is 23.2 Å². The molecule has 1 N–H and O–H groups in total. The van der Waals surface area contributed by atoms with Crippen LogP contribution in [-0.2, 0) is 14.3 Å². The zero-order chi connectivity index (χ0) is 18.5. The molecule has 0 radical (unpaired) electrons. The molecular weight excluding hydrogens is 348 g/mol. The van der Waals surface area contributed by atoms with E-state index in [0.29, 0.717) is 12.3 Å². The van der Waals surface area contributed by atoms with Crippen LogP contribution < -0.4 is 5.32 Å². The number of aromatic nitrogens is 1. The van der Waals surface area contributed by atoms with Gasteiger partial charge >= 0.3 is 5.97 Å². The monoisotopic (exact) mass is 368 g/mol. The third-order valence-electron chi connectivity index (χ3n) is 3.82. The van der Waals surface area contributed by atoms with Gasteiger partial charge in [0, 0.05) is 17.7 Å². The molecule has 0 saturated heterocycles. The maximum Gasteiger partial charge on any atom is 0.306 e. The van der Waals surface area contributed by atoms with E-state index in [4.69, 9.17) is 4.74 Å². The Labute approximate surface area is 156 Å². The van der Waals surface area contributed by atoms with Crippen LogP contribution >= 0.6 is 11.3 Å². The van der Waals surface area contributed by atoms with Crippen molar-refractivity contribution >= 4 is 39.1 Å². The Kier molecular flexibility index (Phi) is 5.63. The molecule has 0 spiro atoms. The Morgan fingerprint density at radius 3 is 2.62 bits per heavy atom. The van der Waals surface area contributed by atoms with Gasteiger partial charge in [0.15, 0.2) is 0 Å². The largest absolute Gasteiger partial charge is 0.466 e. The third kappa shape index (κ3) is 4.46. The zero-order valence-electron chi connectivity index (χ0n) is 14.7. The summed E-state index contributed by atoms with van der Waals surface area (Å²) < 4.78 is 5.98. The highest BCUT2D eigenvalue weighted by atomic mass is 32.1. The zero-order valence-corrected chi connectivity index (χ0v) is 15.6. The third-order valence-corrected chi connectivity index (χ3v) is 4.89. The Balaban J connectivity index is 1.64. The van der Waals surface area contributed by atoms with Crippen molar-refractivity contribution in [3.05, 3.63) is 48.0 Å². The van der Waals surface area contributed by atoms with Gasteiger partial charge in [-0.2, -0.15) is 0 Å². The molecule has 3 aromatic rings. The van der Waals surface area contributed by atoms with E-state index in [1.165, 1.54) is 5.56 Å². The second-order valence-electron chi connectivity index (χ2n) is 5.92. The van der Waals surface area contributed by atoms with Crippen molar-refractivity contribution in [2.45, 2.75) is 26.7 Å². The van der Waals surface area contributed by atoms with E-state index in [1.807, 2.05) is 30.3 Å². The van der Waals surface area contributed by atoms with E-state index in [9.17, 15) is 9.59 Å². The number of esters is 1. The van der Waals surface area contributed by atoms with E-state index in [-0.39, 0.29) is 24.7 Å². The predicted molar refractivity (Wildman–Crippen MR) is 104 cm³/mol. The SMILES string of the molecule is CCOC(=O)CCC(=O)Nc1ccc(-c2nc3ccc(C)cc3s2)cc1. The van der Waals surface area contributed by atoms with Gasteiger partial charge < -0.3 is 10.1 Å². The number of rotatable bonds is 6.